The van der Waals surface area contributed by atoms with Crippen molar-refractivity contribution in [2.24, 2.45) is 0 Å². The molecule has 21 heavy (non-hydrogen) atoms. The lowest BCUT2D eigenvalue weighted by Gasteiger charge is -2.35. The van der Waals surface area contributed by atoms with Crippen LogP contribution in [-0.2, 0) is 14.8 Å². The zero-order valence-electron chi connectivity index (χ0n) is 12.1. The molecular weight excluding hydrogens is 292 g/mol. The molecular formula is C13H20N4O3S. The molecule has 1 atom stereocenters. The average Bonchev–Trinajstić information content (AvgIpc) is 2.42. The van der Waals surface area contributed by atoms with Crippen molar-refractivity contribution in [2.45, 2.75) is 24.8 Å². The van der Waals surface area contributed by atoms with E-state index in [-0.39, 0.29) is 10.8 Å². The first-order valence-corrected chi connectivity index (χ1v) is 8.28. The summed E-state index contributed by atoms with van der Waals surface area (Å²) >= 11 is 0. The summed E-state index contributed by atoms with van der Waals surface area (Å²) in [4.78, 5) is 13.7. The summed E-state index contributed by atoms with van der Waals surface area (Å²) in [7, 11) is -3.55. The molecule has 1 amide bonds. The van der Waals surface area contributed by atoms with Crippen molar-refractivity contribution >= 4 is 27.3 Å². The van der Waals surface area contributed by atoms with Crippen LogP contribution in [0.1, 0.15) is 13.8 Å². The number of hydrogen-bond donors (Lipinski definition) is 3. The van der Waals surface area contributed by atoms with Crippen molar-refractivity contribution in [3.05, 3.63) is 18.2 Å². The summed E-state index contributed by atoms with van der Waals surface area (Å²) in [5.74, 6) is -0.0967. The lowest BCUT2D eigenvalue weighted by Crippen LogP contribution is -2.54. The third-order valence-corrected chi connectivity index (χ3v) is 5.00. The molecule has 116 valence electrons. The molecule has 1 aliphatic rings. The first kappa shape index (κ1) is 15.6. The molecule has 0 bridgehead atoms. The zero-order valence-corrected chi connectivity index (χ0v) is 12.9. The van der Waals surface area contributed by atoms with Gasteiger partial charge in [-0.1, -0.05) is 6.92 Å². The van der Waals surface area contributed by atoms with E-state index < -0.39 is 16.1 Å². The van der Waals surface area contributed by atoms with Crippen LogP contribution >= 0.6 is 0 Å². The van der Waals surface area contributed by atoms with Crippen LogP contribution < -0.4 is 20.7 Å². The van der Waals surface area contributed by atoms with Gasteiger partial charge in [0, 0.05) is 19.6 Å². The maximum atomic E-state index is 12.1. The van der Waals surface area contributed by atoms with Crippen LogP contribution in [0.25, 0.3) is 0 Å². The van der Waals surface area contributed by atoms with E-state index in [0.29, 0.717) is 31.0 Å². The third-order valence-electron chi connectivity index (χ3n) is 3.45. The first-order chi connectivity index (χ1) is 9.86. The Bertz CT molecular complexity index is 645. The zero-order chi connectivity index (χ0) is 15.6. The Morgan fingerprint density at radius 1 is 1.48 bits per heavy atom. The number of nitrogen functional groups attached to an aromatic ring is 1. The largest absolute Gasteiger partial charge is 0.397 e. The number of nitrogens with one attached hydrogen (secondary N) is 2. The molecule has 0 spiro atoms. The van der Waals surface area contributed by atoms with E-state index >= 15 is 0 Å². The molecule has 1 heterocycles. The first-order valence-electron chi connectivity index (χ1n) is 6.80. The minimum absolute atomic E-state index is 0.0967. The summed E-state index contributed by atoms with van der Waals surface area (Å²) in [5, 5.41) is 2.76. The Labute approximate surface area is 124 Å². The van der Waals surface area contributed by atoms with Gasteiger partial charge in [-0.15, -0.1) is 0 Å². The molecule has 0 aromatic heterocycles. The van der Waals surface area contributed by atoms with Crippen molar-refractivity contribution in [1.82, 2.24) is 10.0 Å². The number of piperazine rings is 1. The second kappa shape index (κ2) is 5.90. The van der Waals surface area contributed by atoms with Gasteiger partial charge in [-0.2, -0.15) is 0 Å². The molecule has 8 heteroatoms. The van der Waals surface area contributed by atoms with Crippen molar-refractivity contribution in [3.63, 3.8) is 0 Å². The molecule has 1 unspecified atom stereocenters. The van der Waals surface area contributed by atoms with Crippen molar-refractivity contribution in [2.75, 3.05) is 30.3 Å². The third kappa shape index (κ3) is 3.11. The Morgan fingerprint density at radius 3 is 2.86 bits per heavy atom. The maximum absolute atomic E-state index is 12.1. The van der Waals surface area contributed by atoms with Crippen molar-refractivity contribution in [3.8, 4) is 0 Å². The Hall–Kier alpha value is -1.80. The van der Waals surface area contributed by atoms with Crippen LogP contribution in [0.4, 0.5) is 11.4 Å². The molecule has 0 radical (unpaired) electrons. The van der Waals surface area contributed by atoms with Gasteiger partial charge in [-0.05, 0) is 25.1 Å². The summed E-state index contributed by atoms with van der Waals surface area (Å²) in [6.07, 6.45) is 0. The van der Waals surface area contributed by atoms with Gasteiger partial charge in [0.2, 0.25) is 15.9 Å². The van der Waals surface area contributed by atoms with Gasteiger partial charge >= 0.3 is 0 Å². The Balaban J connectivity index is 2.42. The van der Waals surface area contributed by atoms with Gasteiger partial charge in [0.1, 0.15) is 6.04 Å². The van der Waals surface area contributed by atoms with Gasteiger partial charge in [-0.25, -0.2) is 13.1 Å². The number of carbonyl (C=O) groups excluding carboxylic acids is 1. The van der Waals surface area contributed by atoms with Crippen LogP contribution in [0.3, 0.4) is 0 Å². The number of nitrogens with two attached hydrogens (primary N) is 1. The molecule has 1 aromatic rings. The van der Waals surface area contributed by atoms with Crippen molar-refractivity contribution in [1.29, 1.82) is 0 Å². The number of sulfonamides is 1. The van der Waals surface area contributed by atoms with E-state index in [1.165, 1.54) is 12.1 Å². The SMILES string of the molecule is CCNS(=O)(=O)c1ccc(N)c(N2CCNC(=O)C2C)c1. The minimum atomic E-state index is -3.55. The van der Waals surface area contributed by atoms with E-state index in [2.05, 4.69) is 10.0 Å². The lowest BCUT2D eigenvalue weighted by atomic mass is 10.1. The highest BCUT2D eigenvalue weighted by atomic mass is 32.2. The average molecular weight is 312 g/mol. The molecule has 1 aromatic carbocycles. The van der Waals surface area contributed by atoms with Crippen LogP contribution in [0.5, 0.6) is 0 Å². The van der Waals surface area contributed by atoms with Gasteiger partial charge in [0.05, 0.1) is 16.3 Å². The monoisotopic (exact) mass is 312 g/mol. The fraction of sp³-hybridized carbons (Fsp3) is 0.462. The summed E-state index contributed by atoms with van der Waals surface area (Å²) < 4.78 is 26.6. The van der Waals surface area contributed by atoms with Crippen LogP contribution in [0, 0.1) is 0 Å². The molecule has 1 aliphatic heterocycles. The van der Waals surface area contributed by atoms with E-state index in [4.69, 9.17) is 5.73 Å². The number of rotatable bonds is 4. The fourth-order valence-electron chi connectivity index (χ4n) is 2.32. The fourth-order valence-corrected chi connectivity index (χ4v) is 3.38. The van der Waals surface area contributed by atoms with Crippen LogP contribution in [0.2, 0.25) is 0 Å². The number of amides is 1. The maximum Gasteiger partial charge on any atom is 0.242 e. The summed E-state index contributed by atoms with van der Waals surface area (Å²) in [6.45, 7) is 4.88. The molecule has 0 saturated carbocycles. The highest BCUT2D eigenvalue weighted by Crippen LogP contribution is 2.28. The normalized spacial score (nSPS) is 19.4. The number of carbonyl (C=O) groups is 1. The van der Waals surface area contributed by atoms with Gasteiger partial charge in [-0.3, -0.25) is 4.79 Å². The van der Waals surface area contributed by atoms with Gasteiger partial charge < -0.3 is 16.0 Å². The van der Waals surface area contributed by atoms with E-state index in [0.717, 1.165) is 0 Å². The smallest absolute Gasteiger partial charge is 0.242 e. The molecule has 4 N–H and O–H groups in total. The van der Waals surface area contributed by atoms with E-state index in [1.807, 2.05) is 4.90 Å². The standard InChI is InChI=1S/C13H20N4O3S/c1-3-16-21(19,20)10-4-5-11(14)12(8-10)17-7-6-15-13(18)9(17)2/h4-5,8-9,16H,3,6-7,14H2,1-2H3,(H,15,18). The number of hydrogen-bond acceptors (Lipinski definition) is 5. The molecule has 7 nitrogen and oxygen atoms in total. The van der Waals surface area contributed by atoms with Crippen molar-refractivity contribution < 1.29 is 13.2 Å². The predicted octanol–water partition coefficient (Wildman–Crippen LogP) is -0.108. The summed E-state index contributed by atoms with van der Waals surface area (Å²) in [5.41, 5.74) is 6.97. The summed E-state index contributed by atoms with van der Waals surface area (Å²) in [6, 6.07) is 4.14. The quantitative estimate of drug-likeness (QED) is 0.673. The van der Waals surface area contributed by atoms with Gasteiger partial charge in [0.15, 0.2) is 0 Å². The predicted molar refractivity (Wildman–Crippen MR) is 81.5 cm³/mol. The Morgan fingerprint density at radius 2 is 2.19 bits per heavy atom. The number of anilines is 2. The van der Waals surface area contributed by atoms with Gasteiger partial charge in [0.25, 0.3) is 0 Å². The second-order valence-corrected chi connectivity index (χ2v) is 6.65. The van der Waals surface area contributed by atoms with E-state index in [9.17, 15) is 13.2 Å². The number of nitrogens with zero attached hydrogens (tertiary/aromatic N) is 1. The molecule has 2 rings (SSSR count). The Kier molecular flexibility index (Phi) is 4.38. The minimum Gasteiger partial charge on any atom is -0.397 e. The van der Waals surface area contributed by atoms with E-state index in [1.54, 1.807) is 19.9 Å². The lowest BCUT2D eigenvalue weighted by molar-refractivity contribution is -0.122. The highest BCUT2D eigenvalue weighted by Gasteiger charge is 2.27. The highest BCUT2D eigenvalue weighted by molar-refractivity contribution is 7.89. The topological polar surface area (TPSA) is 105 Å². The van der Waals surface area contributed by atoms with Crippen LogP contribution in [0.15, 0.2) is 23.1 Å². The molecule has 0 aliphatic carbocycles. The number of benzene rings is 1. The van der Waals surface area contributed by atoms with Crippen LogP contribution in [-0.4, -0.2) is 40.0 Å². The second-order valence-electron chi connectivity index (χ2n) is 4.88. The molecule has 1 fully saturated rings. The molecule has 1 saturated heterocycles.